The lowest BCUT2D eigenvalue weighted by molar-refractivity contribution is -0.145. The van der Waals surface area contributed by atoms with Gasteiger partial charge in [-0.2, -0.15) is 0 Å². The van der Waals surface area contributed by atoms with Crippen LogP contribution in [-0.2, 0) is 30.5 Å². The van der Waals surface area contributed by atoms with Crippen molar-refractivity contribution in [3.05, 3.63) is 23.8 Å². The van der Waals surface area contributed by atoms with E-state index in [2.05, 4.69) is 5.32 Å². The van der Waals surface area contributed by atoms with Crippen molar-refractivity contribution in [3.8, 4) is 5.75 Å². The molecule has 0 unspecified atom stereocenters. The van der Waals surface area contributed by atoms with Gasteiger partial charge in [0.1, 0.15) is 17.4 Å². The molecule has 0 bridgehead atoms. The van der Waals surface area contributed by atoms with E-state index in [1.165, 1.54) is 12.1 Å². The Balaban J connectivity index is 3.15. The molecule has 0 aromatic heterocycles. The van der Waals surface area contributed by atoms with Crippen LogP contribution in [0.4, 0.5) is 4.79 Å². The Morgan fingerprint density at radius 3 is 2.38 bits per heavy atom. The number of alkyl carbamates (subject to hydrolysis) is 1. The summed E-state index contributed by atoms with van der Waals surface area (Å²) in [7, 11) is -3.65. The first kappa shape index (κ1) is 21.8. The number of carbonyl (C=O) groups is 2. The predicted octanol–water partition coefficient (Wildman–Crippen LogP) is 1.79. The van der Waals surface area contributed by atoms with Crippen molar-refractivity contribution in [1.82, 2.24) is 5.32 Å². The van der Waals surface area contributed by atoms with Gasteiger partial charge in [0, 0.05) is 12.7 Å². The molecule has 1 amide bonds. The highest BCUT2D eigenvalue weighted by atomic mass is 32.2. The Morgan fingerprint density at radius 1 is 1.27 bits per heavy atom. The zero-order valence-corrected chi connectivity index (χ0v) is 16.3. The van der Waals surface area contributed by atoms with Crippen LogP contribution in [0.25, 0.3) is 0 Å². The molecule has 1 rings (SSSR count). The molecule has 26 heavy (non-hydrogen) atoms. The average molecular weight is 387 g/mol. The van der Waals surface area contributed by atoms with Crippen LogP contribution in [0.3, 0.4) is 0 Å². The van der Waals surface area contributed by atoms with Crippen molar-refractivity contribution in [3.63, 3.8) is 0 Å². The minimum atomic E-state index is -3.65. The number of amides is 1. The van der Waals surface area contributed by atoms with Crippen LogP contribution in [0, 0.1) is 0 Å². The Morgan fingerprint density at radius 2 is 1.88 bits per heavy atom. The SMILES string of the molecule is CCOC(=O)[C@H](Cc1ccc(O)cc1S(C)(=O)=O)NC(=O)OC(C)(C)C. The second-order valence-corrected chi connectivity index (χ2v) is 8.70. The second-order valence-electron chi connectivity index (χ2n) is 6.72. The molecule has 0 heterocycles. The summed E-state index contributed by atoms with van der Waals surface area (Å²) < 4.78 is 34.0. The van der Waals surface area contributed by atoms with Gasteiger partial charge >= 0.3 is 12.1 Å². The van der Waals surface area contributed by atoms with Crippen molar-refractivity contribution in [1.29, 1.82) is 0 Å². The molecule has 1 aromatic carbocycles. The van der Waals surface area contributed by atoms with E-state index in [9.17, 15) is 23.1 Å². The summed E-state index contributed by atoms with van der Waals surface area (Å²) in [4.78, 5) is 24.1. The predicted molar refractivity (Wildman–Crippen MR) is 94.7 cm³/mol. The second kappa shape index (κ2) is 8.39. The number of hydrogen-bond acceptors (Lipinski definition) is 7. The van der Waals surface area contributed by atoms with Gasteiger partial charge in [-0.05, 0) is 45.4 Å². The summed E-state index contributed by atoms with van der Waals surface area (Å²) in [6, 6.07) is 2.64. The standard InChI is InChI=1S/C17H25NO7S/c1-6-24-15(20)13(18-16(21)25-17(2,3)4)9-11-7-8-12(19)10-14(11)26(5,22)23/h7-8,10,13,19H,6,9H2,1-5H3,(H,18,21)/t13-/m0/s1. The number of phenolic OH excluding ortho intramolecular Hbond substituents is 1. The minimum absolute atomic E-state index is 0.0971. The van der Waals surface area contributed by atoms with Crippen molar-refractivity contribution in [2.45, 2.75) is 50.7 Å². The molecule has 0 saturated heterocycles. The molecular weight excluding hydrogens is 362 g/mol. The maximum atomic E-state index is 12.2. The monoisotopic (exact) mass is 387 g/mol. The van der Waals surface area contributed by atoms with Gasteiger partial charge in [-0.15, -0.1) is 0 Å². The molecule has 0 aliphatic carbocycles. The number of sulfone groups is 1. The molecular formula is C17H25NO7S. The first-order valence-corrected chi connectivity index (χ1v) is 9.90. The Labute approximate surface area is 153 Å². The summed E-state index contributed by atoms with van der Waals surface area (Å²) in [6.07, 6.45) is 0.0300. The van der Waals surface area contributed by atoms with Gasteiger partial charge in [-0.25, -0.2) is 18.0 Å². The van der Waals surface area contributed by atoms with Crippen molar-refractivity contribution in [2.24, 2.45) is 0 Å². The Hall–Kier alpha value is -2.29. The maximum absolute atomic E-state index is 12.2. The largest absolute Gasteiger partial charge is 0.508 e. The molecule has 1 atom stereocenters. The van der Waals surface area contributed by atoms with Crippen LogP contribution in [-0.4, -0.2) is 50.1 Å². The highest BCUT2D eigenvalue weighted by molar-refractivity contribution is 7.90. The van der Waals surface area contributed by atoms with E-state index in [0.29, 0.717) is 0 Å². The number of benzene rings is 1. The number of carbonyl (C=O) groups excluding carboxylic acids is 2. The molecule has 0 fully saturated rings. The Bertz CT molecular complexity index is 766. The quantitative estimate of drug-likeness (QED) is 0.714. The zero-order valence-electron chi connectivity index (χ0n) is 15.5. The summed E-state index contributed by atoms with van der Waals surface area (Å²) in [6.45, 7) is 6.74. The number of rotatable bonds is 6. The van der Waals surface area contributed by atoms with Crippen LogP contribution in [0.15, 0.2) is 23.1 Å². The molecule has 2 N–H and O–H groups in total. The van der Waals surface area contributed by atoms with Gasteiger partial charge in [-0.1, -0.05) is 6.07 Å². The van der Waals surface area contributed by atoms with Crippen molar-refractivity contribution >= 4 is 21.9 Å². The van der Waals surface area contributed by atoms with Crippen molar-refractivity contribution < 1.29 is 32.6 Å². The number of hydrogen-bond donors (Lipinski definition) is 2. The van der Waals surface area contributed by atoms with Gasteiger partial charge in [0.15, 0.2) is 9.84 Å². The number of ether oxygens (including phenoxy) is 2. The van der Waals surface area contributed by atoms with Gasteiger partial charge in [0.25, 0.3) is 0 Å². The maximum Gasteiger partial charge on any atom is 0.408 e. The molecule has 1 aromatic rings. The fourth-order valence-electron chi connectivity index (χ4n) is 2.16. The molecule has 0 aliphatic heterocycles. The molecule has 0 aliphatic rings. The van der Waals surface area contributed by atoms with E-state index in [1.54, 1.807) is 27.7 Å². The summed E-state index contributed by atoms with van der Waals surface area (Å²) in [5.74, 6) is -0.937. The normalized spacial score (nSPS) is 13.0. The molecule has 146 valence electrons. The van der Waals surface area contributed by atoms with E-state index in [4.69, 9.17) is 9.47 Å². The van der Waals surface area contributed by atoms with E-state index in [-0.39, 0.29) is 29.2 Å². The Kier molecular flexibility index (Phi) is 7.02. The van der Waals surface area contributed by atoms with Crippen LogP contribution < -0.4 is 5.32 Å². The smallest absolute Gasteiger partial charge is 0.408 e. The topological polar surface area (TPSA) is 119 Å². The molecule has 9 heteroatoms. The third kappa shape index (κ3) is 6.91. The van der Waals surface area contributed by atoms with Gasteiger partial charge in [0.05, 0.1) is 11.5 Å². The highest BCUT2D eigenvalue weighted by Gasteiger charge is 2.27. The zero-order chi connectivity index (χ0) is 20.1. The van der Waals surface area contributed by atoms with Gasteiger partial charge < -0.3 is 19.9 Å². The summed E-state index contributed by atoms with van der Waals surface area (Å²) >= 11 is 0. The van der Waals surface area contributed by atoms with Crippen LogP contribution in [0.2, 0.25) is 0 Å². The fourth-order valence-corrected chi connectivity index (χ4v) is 3.13. The lowest BCUT2D eigenvalue weighted by Crippen LogP contribution is -2.45. The van der Waals surface area contributed by atoms with Crippen LogP contribution in [0.1, 0.15) is 33.3 Å². The minimum Gasteiger partial charge on any atom is -0.508 e. The lowest BCUT2D eigenvalue weighted by atomic mass is 10.1. The first-order valence-electron chi connectivity index (χ1n) is 8.01. The number of nitrogens with one attached hydrogen (secondary N) is 1. The molecule has 0 saturated carbocycles. The number of esters is 1. The summed E-state index contributed by atoms with van der Waals surface area (Å²) in [5.41, 5.74) is -0.501. The van der Waals surface area contributed by atoms with E-state index in [1.807, 2.05) is 0 Å². The molecule has 0 radical (unpaired) electrons. The van der Waals surface area contributed by atoms with Gasteiger partial charge in [0.2, 0.25) is 0 Å². The number of aromatic hydroxyl groups is 1. The van der Waals surface area contributed by atoms with Gasteiger partial charge in [-0.3, -0.25) is 0 Å². The van der Waals surface area contributed by atoms with E-state index >= 15 is 0 Å². The highest BCUT2D eigenvalue weighted by Crippen LogP contribution is 2.23. The van der Waals surface area contributed by atoms with Crippen LogP contribution in [0.5, 0.6) is 5.75 Å². The van der Waals surface area contributed by atoms with E-state index in [0.717, 1.165) is 12.3 Å². The lowest BCUT2D eigenvalue weighted by Gasteiger charge is -2.23. The number of phenols is 1. The molecule has 0 spiro atoms. The first-order chi connectivity index (χ1) is 11.8. The van der Waals surface area contributed by atoms with Crippen molar-refractivity contribution in [2.75, 3.05) is 12.9 Å². The van der Waals surface area contributed by atoms with Crippen LogP contribution >= 0.6 is 0 Å². The average Bonchev–Trinajstić information content (AvgIpc) is 2.45. The molecule has 8 nitrogen and oxygen atoms in total. The fraction of sp³-hybridized carbons (Fsp3) is 0.529. The van der Waals surface area contributed by atoms with E-state index < -0.39 is 33.5 Å². The third-order valence-electron chi connectivity index (χ3n) is 3.14. The third-order valence-corrected chi connectivity index (χ3v) is 4.32. The summed E-state index contributed by atoms with van der Waals surface area (Å²) in [5, 5.41) is 12.0.